The van der Waals surface area contributed by atoms with Gasteiger partial charge in [-0.15, -0.1) is 10.2 Å². The van der Waals surface area contributed by atoms with Gasteiger partial charge in [0.15, 0.2) is 5.13 Å². The molecule has 1 aromatic carbocycles. The van der Waals surface area contributed by atoms with Crippen LogP contribution < -0.4 is 5.32 Å². The van der Waals surface area contributed by atoms with E-state index in [0.717, 1.165) is 28.7 Å². The standard InChI is InChI=1S/C20H19N5OS2/c1-2-8-15-17(28-20(21-15)25-11-6-7-12-25)18(26)22-19-24-23-16(27-19)13-14-9-4-3-5-10-14/h3-7,9-12H,2,8,13H2,1H3,(H,22,24,26). The number of rotatable bonds is 7. The van der Waals surface area contributed by atoms with Crippen LogP contribution in [-0.4, -0.2) is 25.7 Å². The van der Waals surface area contributed by atoms with Gasteiger partial charge in [0.05, 0.1) is 5.69 Å². The Morgan fingerprint density at radius 3 is 2.61 bits per heavy atom. The molecule has 0 saturated heterocycles. The highest BCUT2D eigenvalue weighted by molar-refractivity contribution is 7.17. The van der Waals surface area contributed by atoms with Crippen LogP contribution in [0.5, 0.6) is 0 Å². The monoisotopic (exact) mass is 409 g/mol. The molecule has 0 unspecified atom stereocenters. The average molecular weight is 410 g/mol. The van der Waals surface area contributed by atoms with Gasteiger partial charge >= 0.3 is 0 Å². The SMILES string of the molecule is CCCc1nc(-n2cccc2)sc1C(=O)Nc1nnc(Cc2ccccc2)s1. The first-order valence-corrected chi connectivity index (χ1v) is 10.7. The summed E-state index contributed by atoms with van der Waals surface area (Å²) in [6, 6.07) is 14.0. The van der Waals surface area contributed by atoms with Crippen LogP contribution in [0.2, 0.25) is 0 Å². The van der Waals surface area contributed by atoms with Gasteiger partial charge in [-0.05, 0) is 24.1 Å². The Labute approximate surface area is 170 Å². The van der Waals surface area contributed by atoms with Gasteiger partial charge < -0.3 is 4.57 Å². The summed E-state index contributed by atoms with van der Waals surface area (Å²) >= 11 is 2.79. The number of hydrogen-bond donors (Lipinski definition) is 1. The largest absolute Gasteiger partial charge is 0.300 e. The molecule has 4 aromatic rings. The van der Waals surface area contributed by atoms with Crippen LogP contribution in [0.15, 0.2) is 54.9 Å². The first-order valence-electron chi connectivity index (χ1n) is 9.03. The van der Waals surface area contributed by atoms with Gasteiger partial charge in [-0.1, -0.05) is 66.3 Å². The predicted molar refractivity (Wildman–Crippen MR) is 113 cm³/mol. The minimum Gasteiger partial charge on any atom is -0.300 e. The summed E-state index contributed by atoms with van der Waals surface area (Å²) in [5.74, 6) is -0.179. The molecule has 0 radical (unpaired) electrons. The molecule has 1 N–H and O–H groups in total. The molecule has 8 heteroatoms. The van der Waals surface area contributed by atoms with E-state index in [1.54, 1.807) is 0 Å². The van der Waals surface area contributed by atoms with E-state index in [1.165, 1.54) is 28.2 Å². The van der Waals surface area contributed by atoms with Crippen molar-refractivity contribution < 1.29 is 4.79 Å². The van der Waals surface area contributed by atoms with Crippen LogP contribution >= 0.6 is 22.7 Å². The molecule has 3 aromatic heterocycles. The van der Waals surface area contributed by atoms with E-state index in [-0.39, 0.29) is 5.91 Å². The van der Waals surface area contributed by atoms with E-state index in [4.69, 9.17) is 0 Å². The minimum absolute atomic E-state index is 0.179. The van der Waals surface area contributed by atoms with Crippen molar-refractivity contribution in [3.05, 3.63) is 76.0 Å². The molecule has 28 heavy (non-hydrogen) atoms. The molecule has 0 spiro atoms. The first kappa shape index (κ1) is 18.5. The Hall–Kier alpha value is -2.84. The zero-order valence-corrected chi connectivity index (χ0v) is 17.0. The normalized spacial score (nSPS) is 10.9. The van der Waals surface area contributed by atoms with Gasteiger partial charge in [0.2, 0.25) is 5.13 Å². The fraction of sp³-hybridized carbons (Fsp3) is 0.200. The Morgan fingerprint density at radius 2 is 1.86 bits per heavy atom. The van der Waals surface area contributed by atoms with E-state index < -0.39 is 0 Å². The molecular formula is C20H19N5OS2. The fourth-order valence-electron chi connectivity index (χ4n) is 2.80. The number of carbonyl (C=O) groups excluding carboxylic acids is 1. The van der Waals surface area contributed by atoms with Gasteiger partial charge in [0.25, 0.3) is 5.91 Å². The van der Waals surface area contributed by atoms with Crippen molar-refractivity contribution in [2.45, 2.75) is 26.2 Å². The number of nitrogens with one attached hydrogen (secondary N) is 1. The van der Waals surface area contributed by atoms with Crippen LogP contribution in [0, 0.1) is 0 Å². The highest BCUT2D eigenvalue weighted by atomic mass is 32.1. The number of nitrogens with zero attached hydrogens (tertiary/aromatic N) is 4. The molecule has 0 fully saturated rings. The molecule has 0 aliphatic rings. The van der Waals surface area contributed by atoms with Crippen molar-refractivity contribution in [3.8, 4) is 5.13 Å². The van der Waals surface area contributed by atoms with Crippen LogP contribution in [0.25, 0.3) is 5.13 Å². The maximum absolute atomic E-state index is 12.8. The van der Waals surface area contributed by atoms with E-state index in [0.29, 0.717) is 16.4 Å². The Bertz CT molecular complexity index is 1050. The Morgan fingerprint density at radius 1 is 1.07 bits per heavy atom. The molecule has 0 aliphatic carbocycles. The lowest BCUT2D eigenvalue weighted by Crippen LogP contribution is -2.12. The molecule has 3 heterocycles. The minimum atomic E-state index is -0.179. The average Bonchev–Trinajstić information content (AvgIpc) is 3.44. The molecule has 0 saturated carbocycles. The number of aromatic nitrogens is 4. The Kier molecular flexibility index (Phi) is 5.59. The third-order valence-corrected chi connectivity index (χ3v) is 6.04. The maximum atomic E-state index is 12.8. The smallest absolute Gasteiger partial charge is 0.269 e. The van der Waals surface area contributed by atoms with Crippen molar-refractivity contribution in [3.63, 3.8) is 0 Å². The summed E-state index contributed by atoms with van der Waals surface area (Å²) in [6.45, 7) is 2.08. The number of anilines is 1. The lowest BCUT2D eigenvalue weighted by atomic mass is 10.2. The van der Waals surface area contributed by atoms with Crippen LogP contribution in [0.4, 0.5) is 5.13 Å². The first-order chi connectivity index (χ1) is 13.7. The topological polar surface area (TPSA) is 72.7 Å². The lowest BCUT2D eigenvalue weighted by molar-refractivity contribution is 0.102. The number of thiazole rings is 1. The molecule has 6 nitrogen and oxygen atoms in total. The number of benzene rings is 1. The third-order valence-electron chi connectivity index (χ3n) is 4.09. The summed E-state index contributed by atoms with van der Waals surface area (Å²) in [5.41, 5.74) is 1.99. The zero-order valence-electron chi connectivity index (χ0n) is 15.3. The predicted octanol–water partition coefficient (Wildman–Crippen LogP) is 4.58. The summed E-state index contributed by atoms with van der Waals surface area (Å²) in [4.78, 5) is 18.1. The fourth-order valence-corrected chi connectivity index (χ4v) is 4.54. The van der Waals surface area contributed by atoms with Gasteiger partial charge in [-0.25, -0.2) is 4.98 Å². The number of carbonyl (C=O) groups is 1. The van der Waals surface area contributed by atoms with E-state index in [1.807, 2.05) is 47.3 Å². The van der Waals surface area contributed by atoms with E-state index >= 15 is 0 Å². The highest BCUT2D eigenvalue weighted by Gasteiger charge is 2.20. The van der Waals surface area contributed by atoms with Crippen molar-refractivity contribution in [2.75, 3.05) is 5.32 Å². The quantitative estimate of drug-likeness (QED) is 0.485. The maximum Gasteiger partial charge on any atom is 0.269 e. The number of aryl methyl sites for hydroxylation is 1. The number of hydrogen-bond acceptors (Lipinski definition) is 6. The highest BCUT2D eigenvalue weighted by Crippen LogP contribution is 2.26. The van der Waals surface area contributed by atoms with Crippen molar-refractivity contribution in [1.82, 2.24) is 19.7 Å². The van der Waals surface area contributed by atoms with Crippen LogP contribution in [0.1, 0.15) is 39.3 Å². The van der Waals surface area contributed by atoms with Gasteiger partial charge in [-0.2, -0.15) is 0 Å². The van der Waals surface area contributed by atoms with E-state index in [2.05, 4.69) is 39.6 Å². The second-order valence-corrected chi connectivity index (χ2v) is 8.27. The summed E-state index contributed by atoms with van der Waals surface area (Å²) in [6.07, 6.45) is 6.24. The lowest BCUT2D eigenvalue weighted by Gasteiger charge is -2.00. The van der Waals surface area contributed by atoms with Crippen molar-refractivity contribution in [1.29, 1.82) is 0 Å². The number of amides is 1. The molecule has 0 bridgehead atoms. The van der Waals surface area contributed by atoms with Crippen LogP contribution in [0.3, 0.4) is 0 Å². The van der Waals surface area contributed by atoms with Gasteiger partial charge in [0.1, 0.15) is 9.88 Å². The third kappa shape index (κ3) is 4.18. The van der Waals surface area contributed by atoms with Crippen molar-refractivity contribution in [2.24, 2.45) is 0 Å². The second-order valence-electron chi connectivity index (χ2n) is 6.23. The second kappa shape index (κ2) is 8.45. The molecule has 0 aliphatic heterocycles. The molecular weight excluding hydrogens is 390 g/mol. The summed E-state index contributed by atoms with van der Waals surface area (Å²) in [5, 5.41) is 13.4. The Balaban J connectivity index is 1.50. The van der Waals surface area contributed by atoms with Gasteiger partial charge in [-0.3, -0.25) is 10.1 Å². The molecule has 0 atom stereocenters. The summed E-state index contributed by atoms with van der Waals surface area (Å²) < 4.78 is 1.92. The summed E-state index contributed by atoms with van der Waals surface area (Å²) in [7, 11) is 0. The molecule has 142 valence electrons. The molecule has 1 amide bonds. The van der Waals surface area contributed by atoms with Gasteiger partial charge in [0, 0.05) is 18.8 Å². The molecule has 4 rings (SSSR count). The zero-order chi connectivity index (χ0) is 19.3. The van der Waals surface area contributed by atoms with Crippen molar-refractivity contribution >= 4 is 33.7 Å². The van der Waals surface area contributed by atoms with Crippen LogP contribution in [-0.2, 0) is 12.8 Å². The van der Waals surface area contributed by atoms with E-state index in [9.17, 15) is 4.79 Å².